The number of aliphatic hydroxyl groups is 1. The van der Waals surface area contributed by atoms with E-state index in [0.717, 1.165) is 5.69 Å². The Balaban J connectivity index is 1.84. The minimum atomic E-state index is -0.385. The van der Waals surface area contributed by atoms with Crippen LogP contribution in [0.5, 0.6) is 0 Å². The molecule has 2 N–H and O–H groups in total. The molecular formula is C13H15N3O2. The average molecular weight is 245 g/mol. The van der Waals surface area contributed by atoms with Gasteiger partial charge in [-0.2, -0.15) is 5.26 Å². The van der Waals surface area contributed by atoms with E-state index >= 15 is 0 Å². The van der Waals surface area contributed by atoms with E-state index < -0.39 is 0 Å². The zero-order valence-electron chi connectivity index (χ0n) is 9.97. The van der Waals surface area contributed by atoms with Gasteiger partial charge in [-0.05, 0) is 30.7 Å². The number of amides is 1. The zero-order valence-corrected chi connectivity index (χ0v) is 9.97. The van der Waals surface area contributed by atoms with Crippen LogP contribution >= 0.6 is 0 Å². The molecule has 5 heteroatoms. The van der Waals surface area contributed by atoms with Gasteiger partial charge in [-0.15, -0.1) is 0 Å². The summed E-state index contributed by atoms with van der Waals surface area (Å²) in [6.45, 7) is 1.25. The van der Waals surface area contributed by atoms with Crippen molar-refractivity contribution in [3.8, 4) is 6.07 Å². The molecule has 18 heavy (non-hydrogen) atoms. The number of β-amino-alcohol motifs (C(OH)–C–C–N with tert-alkyl or cyclic N) is 1. The number of hydrogen-bond donors (Lipinski definition) is 2. The van der Waals surface area contributed by atoms with Crippen molar-refractivity contribution in [1.29, 1.82) is 5.26 Å². The van der Waals surface area contributed by atoms with Crippen molar-refractivity contribution in [2.75, 3.05) is 25.0 Å². The maximum atomic E-state index is 11.8. The van der Waals surface area contributed by atoms with Crippen LogP contribution in [0, 0.1) is 11.3 Å². The van der Waals surface area contributed by atoms with E-state index in [1.807, 2.05) is 6.07 Å². The second-order valence-electron chi connectivity index (χ2n) is 4.32. The number of carbonyl (C=O) groups is 1. The normalized spacial score (nSPS) is 18.4. The molecule has 5 nitrogen and oxygen atoms in total. The lowest BCUT2D eigenvalue weighted by molar-refractivity contribution is -0.128. The molecule has 0 aliphatic carbocycles. The molecule has 94 valence electrons. The Bertz CT molecular complexity index is 464. The Labute approximate surface area is 106 Å². The second-order valence-corrected chi connectivity index (χ2v) is 4.32. The fourth-order valence-corrected chi connectivity index (χ4v) is 1.92. The highest BCUT2D eigenvalue weighted by molar-refractivity contribution is 5.81. The molecule has 0 spiro atoms. The van der Waals surface area contributed by atoms with Crippen molar-refractivity contribution in [3.63, 3.8) is 0 Å². The van der Waals surface area contributed by atoms with Gasteiger partial charge in [0.15, 0.2) is 0 Å². The molecule has 1 heterocycles. The van der Waals surface area contributed by atoms with E-state index in [1.54, 1.807) is 29.2 Å². The average Bonchev–Trinajstić information content (AvgIpc) is 2.83. The van der Waals surface area contributed by atoms with Gasteiger partial charge < -0.3 is 15.3 Å². The molecule has 0 radical (unpaired) electrons. The number of anilines is 1. The maximum absolute atomic E-state index is 11.8. The molecular weight excluding hydrogens is 230 g/mol. The molecule has 0 saturated carbocycles. The van der Waals surface area contributed by atoms with E-state index in [9.17, 15) is 9.90 Å². The first kappa shape index (κ1) is 12.4. The molecule has 1 amide bonds. The van der Waals surface area contributed by atoms with E-state index in [0.29, 0.717) is 25.1 Å². The van der Waals surface area contributed by atoms with Gasteiger partial charge in [0.25, 0.3) is 0 Å². The molecule has 1 aromatic rings. The van der Waals surface area contributed by atoms with Crippen molar-refractivity contribution >= 4 is 11.6 Å². The first-order valence-electron chi connectivity index (χ1n) is 5.89. The van der Waals surface area contributed by atoms with Crippen molar-refractivity contribution in [2.24, 2.45) is 0 Å². The number of rotatable bonds is 3. The standard InChI is InChI=1S/C13H15N3O2/c14-7-10-1-3-11(4-2-10)15-8-13(18)16-6-5-12(17)9-16/h1-4,12,15,17H,5-6,8-9H2/t12-/m1/s1. The van der Waals surface area contributed by atoms with Crippen LogP contribution in [0.25, 0.3) is 0 Å². The molecule has 1 aliphatic rings. The van der Waals surface area contributed by atoms with Crippen LogP contribution in [-0.4, -0.2) is 41.7 Å². The van der Waals surface area contributed by atoms with Gasteiger partial charge >= 0.3 is 0 Å². The summed E-state index contributed by atoms with van der Waals surface area (Å²) in [4.78, 5) is 13.4. The largest absolute Gasteiger partial charge is 0.391 e. The molecule has 1 fully saturated rings. The Hall–Kier alpha value is -2.06. The highest BCUT2D eigenvalue weighted by Crippen LogP contribution is 2.11. The second kappa shape index (κ2) is 5.52. The van der Waals surface area contributed by atoms with Gasteiger partial charge in [-0.25, -0.2) is 0 Å². The third-order valence-corrected chi connectivity index (χ3v) is 2.97. The predicted octanol–water partition coefficient (Wildman–Crippen LogP) is 0.563. The van der Waals surface area contributed by atoms with Crippen molar-refractivity contribution in [1.82, 2.24) is 4.90 Å². The first-order valence-corrected chi connectivity index (χ1v) is 5.89. The van der Waals surface area contributed by atoms with Crippen LogP contribution in [0.3, 0.4) is 0 Å². The summed E-state index contributed by atoms with van der Waals surface area (Å²) >= 11 is 0. The van der Waals surface area contributed by atoms with Gasteiger partial charge in [0.1, 0.15) is 0 Å². The number of carbonyl (C=O) groups excluding carboxylic acids is 1. The summed E-state index contributed by atoms with van der Waals surface area (Å²) in [5.41, 5.74) is 1.40. The van der Waals surface area contributed by atoms with Gasteiger partial charge in [0.05, 0.1) is 24.3 Å². The summed E-state index contributed by atoms with van der Waals surface area (Å²) in [6.07, 6.45) is 0.270. The lowest BCUT2D eigenvalue weighted by Crippen LogP contribution is -2.34. The summed E-state index contributed by atoms with van der Waals surface area (Å²) in [7, 11) is 0. The van der Waals surface area contributed by atoms with E-state index in [-0.39, 0.29) is 18.6 Å². The SMILES string of the molecule is N#Cc1ccc(NCC(=O)N2CC[C@@H](O)C2)cc1. The Morgan fingerprint density at radius 2 is 2.22 bits per heavy atom. The van der Waals surface area contributed by atoms with Gasteiger partial charge in [0, 0.05) is 18.8 Å². The fourth-order valence-electron chi connectivity index (χ4n) is 1.92. The molecule has 0 bridgehead atoms. The molecule has 0 aromatic heterocycles. The number of hydrogen-bond acceptors (Lipinski definition) is 4. The molecule has 1 aliphatic heterocycles. The Morgan fingerprint density at radius 3 is 2.78 bits per heavy atom. The van der Waals surface area contributed by atoms with Crippen molar-refractivity contribution < 1.29 is 9.90 Å². The first-order chi connectivity index (χ1) is 8.69. The lowest BCUT2D eigenvalue weighted by atomic mass is 10.2. The van der Waals surface area contributed by atoms with Crippen LogP contribution in [0.2, 0.25) is 0 Å². The summed E-state index contributed by atoms with van der Waals surface area (Å²) in [5, 5.41) is 21.0. The quantitative estimate of drug-likeness (QED) is 0.816. The smallest absolute Gasteiger partial charge is 0.241 e. The highest BCUT2D eigenvalue weighted by Gasteiger charge is 2.23. The van der Waals surface area contributed by atoms with Gasteiger partial charge in [-0.3, -0.25) is 4.79 Å². The summed E-state index contributed by atoms with van der Waals surface area (Å²) in [5.74, 6) is -0.0177. The molecule has 1 atom stereocenters. The summed E-state index contributed by atoms with van der Waals surface area (Å²) < 4.78 is 0. The van der Waals surface area contributed by atoms with Gasteiger partial charge in [-0.1, -0.05) is 0 Å². The third kappa shape index (κ3) is 2.99. The number of aliphatic hydroxyl groups excluding tert-OH is 1. The lowest BCUT2D eigenvalue weighted by Gasteiger charge is -2.16. The number of benzene rings is 1. The fraction of sp³-hybridized carbons (Fsp3) is 0.385. The van der Waals surface area contributed by atoms with Crippen molar-refractivity contribution in [2.45, 2.75) is 12.5 Å². The minimum absolute atomic E-state index is 0.0177. The van der Waals surface area contributed by atoms with Crippen molar-refractivity contribution in [3.05, 3.63) is 29.8 Å². The van der Waals surface area contributed by atoms with Gasteiger partial charge in [0.2, 0.25) is 5.91 Å². The zero-order chi connectivity index (χ0) is 13.0. The van der Waals surface area contributed by atoms with Crippen LogP contribution in [0.1, 0.15) is 12.0 Å². The molecule has 2 rings (SSSR count). The number of nitrogens with zero attached hydrogens (tertiary/aromatic N) is 2. The number of nitriles is 1. The molecule has 1 aromatic carbocycles. The molecule has 0 unspecified atom stereocenters. The van der Waals surface area contributed by atoms with Crippen LogP contribution in [0.15, 0.2) is 24.3 Å². The third-order valence-electron chi connectivity index (χ3n) is 2.97. The van der Waals surface area contributed by atoms with Crippen LogP contribution in [-0.2, 0) is 4.79 Å². The van der Waals surface area contributed by atoms with E-state index in [2.05, 4.69) is 5.32 Å². The van der Waals surface area contributed by atoms with E-state index in [4.69, 9.17) is 5.26 Å². The molecule has 1 saturated heterocycles. The number of likely N-dealkylation sites (tertiary alicyclic amines) is 1. The number of nitrogens with one attached hydrogen (secondary N) is 1. The topological polar surface area (TPSA) is 76.4 Å². The Morgan fingerprint density at radius 1 is 1.50 bits per heavy atom. The monoisotopic (exact) mass is 245 g/mol. The maximum Gasteiger partial charge on any atom is 0.241 e. The van der Waals surface area contributed by atoms with E-state index in [1.165, 1.54) is 0 Å². The summed E-state index contributed by atoms with van der Waals surface area (Å²) in [6, 6.07) is 8.98. The van der Waals surface area contributed by atoms with Crippen LogP contribution in [0.4, 0.5) is 5.69 Å². The minimum Gasteiger partial charge on any atom is -0.391 e. The van der Waals surface area contributed by atoms with Crippen LogP contribution < -0.4 is 5.32 Å². The Kier molecular flexibility index (Phi) is 3.80. The predicted molar refractivity (Wildman–Crippen MR) is 66.9 cm³/mol. The highest BCUT2D eigenvalue weighted by atomic mass is 16.3.